The lowest BCUT2D eigenvalue weighted by Gasteiger charge is -2.30. The third kappa shape index (κ3) is 9.98. The Kier molecular flexibility index (Phi) is 12.0. The van der Waals surface area contributed by atoms with Crippen molar-refractivity contribution >= 4 is 55.4 Å². The molecule has 0 aliphatic carbocycles. The Bertz CT molecular complexity index is 1330. The minimum Gasteiger partial charge on any atom is -0.383 e. The Morgan fingerprint density at radius 2 is 2.07 bits per heavy atom. The van der Waals surface area contributed by atoms with Gasteiger partial charge >= 0.3 is 0 Å². The van der Waals surface area contributed by atoms with Crippen molar-refractivity contribution in [1.29, 1.82) is 5.41 Å². The molecule has 0 radical (unpaired) electrons. The second kappa shape index (κ2) is 15.3. The Morgan fingerprint density at radius 1 is 1.33 bits per heavy atom. The van der Waals surface area contributed by atoms with Crippen molar-refractivity contribution in [2.24, 2.45) is 11.7 Å². The van der Waals surface area contributed by atoms with Crippen LogP contribution in [-0.4, -0.2) is 86.8 Å². The highest BCUT2D eigenvalue weighted by atomic mass is 79.9. The second-order valence-corrected chi connectivity index (χ2v) is 15.4. The number of allylic oxidation sites excluding steroid dienone is 1. The predicted octanol–water partition coefficient (Wildman–Crippen LogP) is 2.21. The Hall–Kier alpha value is -2.04. The molecule has 238 valence electrons. The summed E-state index contributed by atoms with van der Waals surface area (Å²) < 4.78 is 48.1. The van der Waals surface area contributed by atoms with Gasteiger partial charge in [0.25, 0.3) is 0 Å². The molecule has 1 aromatic carbocycles. The van der Waals surface area contributed by atoms with Gasteiger partial charge in [-0.25, -0.2) is 17.5 Å². The maximum Gasteiger partial charge on any atom is 0.242 e. The molecule has 15 heteroatoms. The van der Waals surface area contributed by atoms with E-state index in [1.54, 1.807) is 12.1 Å². The standard InChI is InChI=1S/C28H40BrFN6O5S2/c1-43(39,40)35-23(6-2-17-8-10-33-11-9-17)28(38)36-15-20(41-16-18-3-4-19(29)12-22(18)30)13-24(36)27(37)34-14-21-5-7-25(42-21)26(31)32/h3-4,7,12,17,20-21,23-24,33,35H,2,5-6,8-11,13-16H2,1H3,(H3,31,32)(H,34,37)/t20-,21?,23-,24+/m1/s1. The van der Waals surface area contributed by atoms with Crippen LogP contribution in [0.15, 0.2) is 33.7 Å². The lowest BCUT2D eigenvalue weighted by Crippen LogP contribution is -2.54. The molecule has 11 nitrogen and oxygen atoms in total. The van der Waals surface area contributed by atoms with Gasteiger partial charge < -0.3 is 26.0 Å². The van der Waals surface area contributed by atoms with Crippen molar-refractivity contribution in [3.8, 4) is 0 Å². The molecule has 1 unspecified atom stereocenters. The summed E-state index contributed by atoms with van der Waals surface area (Å²) in [7, 11) is -3.71. The number of halogens is 2. The zero-order valence-electron chi connectivity index (χ0n) is 24.1. The van der Waals surface area contributed by atoms with Crippen molar-refractivity contribution in [3.05, 3.63) is 45.0 Å². The SMILES string of the molecule is CS(=O)(=O)N[C@H](CCC1CCNCC1)C(=O)N1C[C@H](OCc2ccc(Br)cc2F)C[C@H]1C(=O)NCC1CC=C(C(=N)N)S1. The van der Waals surface area contributed by atoms with E-state index in [-0.39, 0.29) is 36.6 Å². The first-order chi connectivity index (χ1) is 20.4. The zero-order chi connectivity index (χ0) is 31.1. The number of amides is 2. The number of benzene rings is 1. The van der Waals surface area contributed by atoms with Crippen LogP contribution in [0, 0.1) is 17.1 Å². The number of amidine groups is 1. The number of likely N-dealkylation sites (tertiary alicyclic amines) is 1. The van der Waals surface area contributed by atoms with E-state index in [9.17, 15) is 22.4 Å². The Labute approximate surface area is 265 Å². The van der Waals surface area contributed by atoms with Crippen molar-refractivity contribution in [2.75, 3.05) is 32.4 Å². The van der Waals surface area contributed by atoms with Crippen LogP contribution in [0.3, 0.4) is 0 Å². The maximum atomic E-state index is 14.4. The van der Waals surface area contributed by atoms with Crippen molar-refractivity contribution < 1.29 is 27.1 Å². The fraction of sp³-hybridized carbons (Fsp3) is 0.607. The number of piperidine rings is 1. The topological polar surface area (TPSA) is 167 Å². The van der Waals surface area contributed by atoms with Crippen molar-refractivity contribution in [3.63, 3.8) is 0 Å². The van der Waals surface area contributed by atoms with Crippen molar-refractivity contribution in [1.82, 2.24) is 20.3 Å². The van der Waals surface area contributed by atoms with Crippen LogP contribution < -0.4 is 21.1 Å². The number of nitrogens with zero attached hydrogens (tertiary/aromatic N) is 1. The van der Waals surface area contributed by atoms with E-state index in [1.165, 1.54) is 22.7 Å². The van der Waals surface area contributed by atoms with Crippen LogP contribution in [0.5, 0.6) is 0 Å². The number of thioether (sulfide) groups is 1. The summed E-state index contributed by atoms with van der Waals surface area (Å²) in [5.74, 6) is -0.913. The van der Waals surface area contributed by atoms with Crippen LogP contribution in [-0.2, 0) is 31.0 Å². The molecule has 0 saturated carbocycles. The van der Waals surface area contributed by atoms with Gasteiger partial charge in [0.05, 0.1) is 19.0 Å². The van der Waals surface area contributed by atoms with E-state index in [0.717, 1.165) is 32.2 Å². The second-order valence-electron chi connectivity index (χ2n) is 11.3. The first kappa shape index (κ1) is 33.8. The molecule has 3 heterocycles. The number of nitrogens with one attached hydrogen (secondary N) is 4. The summed E-state index contributed by atoms with van der Waals surface area (Å²) in [6, 6.07) is 2.75. The van der Waals surface area contributed by atoms with E-state index in [2.05, 4.69) is 31.3 Å². The third-order valence-corrected chi connectivity index (χ3v) is 10.5. The first-order valence-electron chi connectivity index (χ1n) is 14.4. The molecular formula is C28H40BrFN6O5S2. The molecule has 4 atom stereocenters. The highest BCUT2D eigenvalue weighted by Gasteiger charge is 2.43. The lowest BCUT2D eigenvalue weighted by molar-refractivity contribution is -0.140. The number of ether oxygens (including phenoxy) is 1. The molecule has 0 spiro atoms. The van der Waals surface area contributed by atoms with Gasteiger partial charge in [0.2, 0.25) is 21.8 Å². The number of carbonyl (C=O) groups excluding carboxylic acids is 2. The van der Waals surface area contributed by atoms with Gasteiger partial charge in [0.1, 0.15) is 23.7 Å². The zero-order valence-corrected chi connectivity index (χ0v) is 27.3. The van der Waals surface area contributed by atoms with Crippen molar-refractivity contribution in [2.45, 2.75) is 68.6 Å². The summed E-state index contributed by atoms with van der Waals surface area (Å²) in [5.41, 5.74) is 5.93. The summed E-state index contributed by atoms with van der Waals surface area (Å²) >= 11 is 4.66. The fourth-order valence-corrected chi connectivity index (χ4v) is 7.77. The molecule has 43 heavy (non-hydrogen) atoms. The molecule has 1 aromatic rings. The fourth-order valence-electron chi connectivity index (χ4n) is 5.67. The van der Waals surface area contributed by atoms with E-state index < -0.39 is 39.9 Å². The van der Waals surface area contributed by atoms with Crippen LogP contribution in [0.25, 0.3) is 0 Å². The number of hydrogen-bond acceptors (Lipinski definition) is 8. The Balaban J connectivity index is 1.46. The quantitative estimate of drug-likeness (QED) is 0.154. The molecule has 2 amide bonds. The molecule has 0 bridgehead atoms. The number of nitrogens with two attached hydrogens (primary N) is 1. The van der Waals surface area contributed by atoms with Gasteiger partial charge in [-0.1, -0.05) is 28.1 Å². The molecule has 6 N–H and O–H groups in total. The molecule has 3 aliphatic rings. The van der Waals surface area contributed by atoms with Gasteiger partial charge in [-0.05, 0) is 63.2 Å². The molecule has 4 rings (SSSR count). The Morgan fingerprint density at radius 3 is 2.72 bits per heavy atom. The summed E-state index contributed by atoms with van der Waals surface area (Å²) in [4.78, 5) is 29.5. The van der Waals surface area contributed by atoms with Crippen LogP contribution in [0.4, 0.5) is 4.39 Å². The van der Waals surface area contributed by atoms with E-state index in [1.807, 2.05) is 6.08 Å². The van der Waals surface area contributed by atoms with Gasteiger partial charge in [-0.15, -0.1) is 11.8 Å². The minimum atomic E-state index is -3.71. The highest BCUT2D eigenvalue weighted by Crippen LogP contribution is 2.32. The molecule has 0 aromatic heterocycles. The predicted molar refractivity (Wildman–Crippen MR) is 168 cm³/mol. The van der Waals surface area contributed by atoms with Crippen LogP contribution in [0.2, 0.25) is 0 Å². The average Bonchev–Trinajstić information content (AvgIpc) is 3.61. The van der Waals surface area contributed by atoms with Gasteiger partial charge in [-0.2, -0.15) is 0 Å². The van der Waals surface area contributed by atoms with E-state index in [0.29, 0.717) is 46.7 Å². The first-order valence-corrected chi connectivity index (χ1v) is 18.0. The molecular weight excluding hydrogens is 663 g/mol. The van der Waals surface area contributed by atoms with Gasteiger partial charge in [-0.3, -0.25) is 15.0 Å². The monoisotopic (exact) mass is 702 g/mol. The van der Waals surface area contributed by atoms with E-state index >= 15 is 0 Å². The third-order valence-electron chi connectivity index (χ3n) is 7.94. The van der Waals surface area contributed by atoms with Crippen LogP contribution in [0.1, 0.15) is 44.1 Å². The maximum absolute atomic E-state index is 14.4. The smallest absolute Gasteiger partial charge is 0.242 e. The normalized spacial score (nSPS) is 23.7. The van der Waals surface area contributed by atoms with Gasteiger partial charge in [0.15, 0.2) is 0 Å². The molecule has 2 fully saturated rings. The molecule has 2 saturated heterocycles. The van der Waals surface area contributed by atoms with Gasteiger partial charge in [0, 0.05) is 39.7 Å². The number of hydrogen-bond donors (Lipinski definition) is 5. The number of sulfonamides is 1. The largest absolute Gasteiger partial charge is 0.383 e. The molecule has 3 aliphatic heterocycles. The lowest BCUT2D eigenvalue weighted by atomic mass is 9.91. The highest BCUT2D eigenvalue weighted by molar-refractivity contribution is 9.10. The number of carbonyl (C=O) groups is 2. The average molecular weight is 704 g/mol. The van der Waals surface area contributed by atoms with E-state index in [4.69, 9.17) is 15.9 Å². The summed E-state index contributed by atoms with van der Waals surface area (Å²) in [6.07, 6.45) is 6.06. The minimum absolute atomic E-state index is 0.00506. The number of rotatable bonds is 13. The van der Waals surface area contributed by atoms with Crippen LogP contribution >= 0.6 is 27.7 Å². The summed E-state index contributed by atoms with van der Waals surface area (Å²) in [6.45, 7) is 2.11. The summed E-state index contributed by atoms with van der Waals surface area (Å²) in [5, 5.41) is 13.9.